The maximum atomic E-state index is 13.6. The van der Waals surface area contributed by atoms with Crippen molar-refractivity contribution in [2.75, 3.05) is 0 Å². The SMILES string of the molecule is O=[N+]([O-])c1ccc(-n2c(SCc3ccc(F)cc3)nnc2C(Cc2ccccc2)NS(=O)(=O)c2ccc([N+](=O)[O-])cc2)cc1. The maximum absolute atomic E-state index is 13.6. The number of thioether (sulfide) groups is 1. The molecule has 224 valence electrons. The lowest BCUT2D eigenvalue weighted by atomic mass is 10.1. The highest BCUT2D eigenvalue weighted by molar-refractivity contribution is 7.98. The Labute approximate surface area is 254 Å². The van der Waals surface area contributed by atoms with E-state index in [0.29, 0.717) is 16.6 Å². The van der Waals surface area contributed by atoms with Gasteiger partial charge in [0.2, 0.25) is 10.0 Å². The number of nitro benzene ring substituents is 2. The third-order valence-electron chi connectivity index (χ3n) is 6.51. The van der Waals surface area contributed by atoms with Crippen LogP contribution in [0.3, 0.4) is 0 Å². The molecule has 0 saturated heterocycles. The third kappa shape index (κ3) is 7.14. The number of nitro groups is 2. The molecule has 1 unspecified atom stereocenters. The van der Waals surface area contributed by atoms with Crippen LogP contribution in [0, 0.1) is 26.0 Å². The summed E-state index contributed by atoms with van der Waals surface area (Å²) in [7, 11) is -4.22. The Kier molecular flexibility index (Phi) is 9.08. The smallest absolute Gasteiger partial charge is 0.269 e. The second-order valence-electron chi connectivity index (χ2n) is 9.48. The third-order valence-corrected chi connectivity index (χ3v) is 9.00. The van der Waals surface area contributed by atoms with Gasteiger partial charge in [-0.25, -0.2) is 17.5 Å². The normalized spacial score (nSPS) is 12.1. The minimum Gasteiger partial charge on any atom is -0.273 e. The first-order chi connectivity index (χ1) is 21.1. The van der Waals surface area contributed by atoms with Crippen molar-refractivity contribution in [3.8, 4) is 5.69 Å². The van der Waals surface area contributed by atoms with Crippen molar-refractivity contribution >= 4 is 33.2 Å². The summed E-state index contributed by atoms with van der Waals surface area (Å²) in [6.45, 7) is 0. The average molecular weight is 635 g/mol. The summed E-state index contributed by atoms with van der Waals surface area (Å²) in [4.78, 5) is 21.1. The summed E-state index contributed by atoms with van der Waals surface area (Å²) in [6, 6.07) is 24.2. The second kappa shape index (κ2) is 13.1. The maximum Gasteiger partial charge on any atom is 0.269 e. The Bertz CT molecular complexity index is 1890. The summed E-state index contributed by atoms with van der Waals surface area (Å²) < 4.78 is 44.8. The van der Waals surface area contributed by atoms with Gasteiger partial charge in [-0.05, 0) is 53.9 Å². The average Bonchev–Trinajstić information content (AvgIpc) is 3.45. The Morgan fingerprint density at radius 2 is 1.39 bits per heavy atom. The Balaban J connectivity index is 1.57. The molecule has 0 spiro atoms. The molecule has 0 bridgehead atoms. The molecule has 5 rings (SSSR count). The van der Waals surface area contributed by atoms with Gasteiger partial charge in [-0.2, -0.15) is 0 Å². The first kappa shape index (κ1) is 30.5. The molecule has 1 aromatic heterocycles. The molecule has 0 aliphatic carbocycles. The van der Waals surface area contributed by atoms with E-state index in [1.165, 1.54) is 48.2 Å². The van der Waals surface area contributed by atoms with Gasteiger partial charge >= 0.3 is 0 Å². The standard InChI is InChI=1S/C29H23FN6O6S2/c30-22-8-6-21(7-9-22)19-43-29-32-31-28(34(29)23-10-12-24(13-11-23)35(37)38)27(18-20-4-2-1-3-5-20)33-44(41,42)26-16-14-25(15-17-26)36(39)40/h1-17,27,33H,18-19H2. The van der Waals surface area contributed by atoms with Gasteiger partial charge in [0.25, 0.3) is 11.4 Å². The first-order valence-electron chi connectivity index (χ1n) is 13.0. The fraction of sp³-hybridized carbons (Fsp3) is 0.103. The largest absolute Gasteiger partial charge is 0.273 e. The topological polar surface area (TPSA) is 163 Å². The van der Waals surface area contributed by atoms with Gasteiger partial charge in [-0.1, -0.05) is 54.2 Å². The summed E-state index contributed by atoms with van der Waals surface area (Å²) in [5.74, 6) is 0.206. The van der Waals surface area contributed by atoms with Gasteiger partial charge in [0.1, 0.15) is 5.82 Å². The number of hydrogen-bond acceptors (Lipinski definition) is 9. The molecule has 0 fully saturated rings. The number of non-ortho nitro benzene ring substituents is 2. The van der Waals surface area contributed by atoms with Crippen molar-refractivity contribution in [3.63, 3.8) is 0 Å². The lowest BCUT2D eigenvalue weighted by Gasteiger charge is -2.20. The van der Waals surface area contributed by atoms with Crippen LogP contribution < -0.4 is 4.72 Å². The van der Waals surface area contributed by atoms with Crippen LogP contribution >= 0.6 is 11.8 Å². The monoisotopic (exact) mass is 634 g/mol. The van der Waals surface area contributed by atoms with E-state index in [4.69, 9.17) is 0 Å². The van der Waals surface area contributed by atoms with Gasteiger partial charge in [0.15, 0.2) is 11.0 Å². The molecule has 0 aliphatic rings. The molecule has 0 saturated carbocycles. The van der Waals surface area contributed by atoms with Gasteiger partial charge in [-0.3, -0.25) is 24.8 Å². The fourth-order valence-corrected chi connectivity index (χ4v) is 6.44. The predicted octanol–water partition coefficient (Wildman–Crippen LogP) is 5.78. The van der Waals surface area contributed by atoms with Gasteiger partial charge in [0.05, 0.1) is 20.8 Å². The van der Waals surface area contributed by atoms with Crippen molar-refractivity contribution in [2.45, 2.75) is 28.3 Å². The lowest BCUT2D eigenvalue weighted by molar-refractivity contribution is -0.385. The van der Waals surface area contributed by atoms with Crippen LogP contribution in [0.25, 0.3) is 5.69 Å². The van der Waals surface area contributed by atoms with Crippen LogP contribution in [0.2, 0.25) is 0 Å². The molecular formula is C29H23FN6O6S2. The lowest BCUT2D eigenvalue weighted by Crippen LogP contribution is -2.32. The molecule has 44 heavy (non-hydrogen) atoms. The first-order valence-corrected chi connectivity index (χ1v) is 15.5. The highest BCUT2D eigenvalue weighted by Gasteiger charge is 2.29. The molecule has 1 N–H and O–H groups in total. The predicted molar refractivity (Wildman–Crippen MR) is 160 cm³/mol. The van der Waals surface area contributed by atoms with Crippen LogP contribution in [-0.2, 0) is 22.2 Å². The molecule has 5 aromatic rings. The molecule has 0 amide bonds. The Morgan fingerprint density at radius 3 is 1.98 bits per heavy atom. The van der Waals surface area contributed by atoms with Crippen molar-refractivity contribution < 1.29 is 22.7 Å². The van der Waals surface area contributed by atoms with E-state index in [0.717, 1.165) is 35.4 Å². The summed E-state index contributed by atoms with van der Waals surface area (Å²) in [5, 5.41) is 31.5. The van der Waals surface area contributed by atoms with Crippen LogP contribution in [0.15, 0.2) is 113 Å². The van der Waals surface area contributed by atoms with E-state index in [1.54, 1.807) is 16.7 Å². The molecule has 4 aromatic carbocycles. The molecular weight excluding hydrogens is 611 g/mol. The summed E-state index contributed by atoms with van der Waals surface area (Å²) in [6.07, 6.45) is 0.154. The van der Waals surface area contributed by atoms with Gasteiger partial charge in [-0.15, -0.1) is 10.2 Å². The van der Waals surface area contributed by atoms with E-state index in [9.17, 15) is 33.0 Å². The van der Waals surface area contributed by atoms with Gasteiger partial charge < -0.3 is 0 Å². The number of hydrogen-bond donors (Lipinski definition) is 1. The van der Waals surface area contributed by atoms with Crippen LogP contribution in [0.5, 0.6) is 0 Å². The van der Waals surface area contributed by atoms with Crippen molar-refractivity contribution in [2.24, 2.45) is 0 Å². The van der Waals surface area contributed by atoms with E-state index in [1.807, 2.05) is 30.3 Å². The number of benzene rings is 4. The van der Waals surface area contributed by atoms with E-state index in [-0.39, 0.29) is 34.3 Å². The zero-order valence-corrected chi connectivity index (χ0v) is 24.3. The Morgan fingerprint density at radius 1 is 0.795 bits per heavy atom. The zero-order valence-electron chi connectivity index (χ0n) is 22.7. The highest BCUT2D eigenvalue weighted by Crippen LogP contribution is 2.31. The molecule has 15 heteroatoms. The molecule has 12 nitrogen and oxygen atoms in total. The number of nitrogens with zero attached hydrogens (tertiary/aromatic N) is 5. The van der Waals surface area contributed by atoms with E-state index in [2.05, 4.69) is 14.9 Å². The molecule has 1 heterocycles. The van der Waals surface area contributed by atoms with Crippen LogP contribution in [0.1, 0.15) is 23.0 Å². The van der Waals surface area contributed by atoms with Crippen LogP contribution in [0.4, 0.5) is 15.8 Å². The quantitative estimate of drug-likeness (QED) is 0.102. The van der Waals surface area contributed by atoms with E-state index < -0.39 is 25.9 Å². The molecule has 0 aliphatic heterocycles. The van der Waals surface area contributed by atoms with Crippen molar-refractivity contribution in [1.82, 2.24) is 19.5 Å². The second-order valence-corrected chi connectivity index (χ2v) is 12.1. The van der Waals surface area contributed by atoms with E-state index >= 15 is 0 Å². The number of halogens is 1. The minimum atomic E-state index is -4.22. The number of nitrogens with one attached hydrogen (secondary N) is 1. The minimum absolute atomic E-state index is 0.136. The Hall–Kier alpha value is -4.99. The molecule has 1 atom stereocenters. The van der Waals surface area contributed by atoms with Crippen molar-refractivity contribution in [3.05, 3.63) is 146 Å². The highest BCUT2D eigenvalue weighted by atomic mass is 32.2. The number of rotatable bonds is 12. The summed E-state index contributed by atoms with van der Waals surface area (Å²) >= 11 is 1.27. The van der Waals surface area contributed by atoms with Crippen LogP contribution in [-0.4, -0.2) is 33.0 Å². The summed E-state index contributed by atoms with van der Waals surface area (Å²) in [5.41, 5.74) is 1.64. The molecule has 0 radical (unpaired) electrons. The number of aromatic nitrogens is 3. The van der Waals surface area contributed by atoms with Crippen molar-refractivity contribution in [1.29, 1.82) is 0 Å². The fourth-order valence-electron chi connectivity index (χ4n) is 4.33. The van der Waals surface area contributed by atoms with Gasteiger partial charge in [0, 0.05) is 35.7 Å². The number of sulfonamides is 1. The zero-order chi connectivity index (χ0) is 31.3.